The number of sulfonamides is 1. The van der Waals surface area contributed by atoms with Gasteiger partial charge in [-0.1, -0.05) is 35.0 Å². The van der Waals surface area contributed by atoms with Gasteiger partial charge in [-0.15, -0.1) is 0 Å². The SMILES string of the molecule is CCCNS(=O)(=O)c1ccc(OCC(=O)N[C@H](C)c2ccc(Br)cc2)cc1. The van der Waals surface area contributed by atoms with Crippen LogP contribution in [0.1, 0.15) is 31.9 Å². The zero-order chi connectivity index (χ0) is 19.9. The van der Waals surface area contributed by atoms with E-state index in [1.54, 1.807) is 0 Å². The summed E-state index contributed by atoms with van der Waals surface area (Å²) in [5, 5.41) is 2.86. The van der Waals surface area contributed by atoms with Crippen LogP contribution in [0.3, 0.4) is 0 Å². The van der Waals surface area contributed by atoms with Gasteiger partial charge in [0.05, 0.1) is 10.9 Å². The maximum absolute atomic E-state index is 12.1. The fourth-order valence-electron chi connectivity index (χ4n) is 2.30. The number of nitrogens with one attached hydrogen (secondary N) is 2. The fourth-order valence-corrected chi connectivity index (χ4v) is 3.70. The Morgan fingerprint density at radius 2 is 1.74 bits per heavy atom. The van der Waals surface area contributed by atoms with Gasteiger partial charge in [0.15, 0.2) is 6.61 Å². The molecular weight excluding hydrogens is 432 g/mol. The summed E-state index contributed by atoms with van der Waals surface area (Å²) in [6, 6.07) is 13.5. The molecule has 0 heterocycles. The first-order valence-electron chi connectivity index (χ1n) is 8.59. The van der Waals surface area contributed by atoms with Crippen LogP contribution in [0, 0.1) is 0 Å². The third kappa shape index (κ3) is 6.64. The lowest BCUT2D eigenvalue weighted by molar-refractivity contribution is -0.123. The van der Waals surface area contributed by atoms with Crippen LogP contribution in [0.15, 0.2) is 57.9 Å². The fraction of sp³-hybridized carbons (Fsp3) is 0.316. The van der Waals surface area contributed by atoms with E-state index in [-0.39, 0.29) is 23.5 Å². The molecule has 0 saturated carbocycles. The standard InChI is InChI=1S/C19H23BrN2O4S/c1-3-12-21-27(24,25)18-10-8-17(9-11-18)26-13-19(23)22-14(2)15-4-6-16(20)7-5-15/h4-11,14,21H,3,12-13H2,1-2H3,(H,22,23)/t14-/m1/s1. The van der Waals surface area contributed by atoms with Gasteiger partial charge >= 0.3 is 0 Å². The van der Waals surface area contributed by atoms with Crippen molar-refractivity contribution in [2.45, 2.75) is 31.2 Å². The van der Waals surface area contributed by atoms with E-state index in [0.717, 1.165) is 10.0 Å². The second-order valence-corrected chi connectivity index (χ2v) is 8.68. The highest BCUT2D eigenvalue weighted by Crippen LogP contribution is 2.17. The third-order valence-corrected chi connectivity index (χ3v) is 5.80. The van der Waals surface area contributed by atoms with Crippen LogP contribution < -0.4 is 14.8 Å². The van der Waals surface area contributed by atoms with E-state index < -0.39 is 10.0 Å². The highest BCUT2D eigenvalue weighted by molar-refractivity contribution is 9.10. The van der Waals surface area contributed by atoms with Crippen LogP contribution in [-0.4, -0.2) is 27.5 Å². The van der Waals surface area contributed by atoms with Crippen molar-refractivity contribution in [3.63, 3.8) is 0 Å². The number of halogens is 1. The molecule has 0 spiro atoms. The number of carbonyl (C=O) groups is 1. The van der Waals surface area contributed by atoms with Gasteiger partial charge in [0.1, 0.15) is 5.75 Å². The molecule has 0 unspecified atom stereocenters. The molecule has 1 atom stereocenters. The molecule has 0 aliphatic rings. The number of benzene rings is 2. The van der Waals surface area contributed by atoms with E-state index in [1.165, 1.54) is 24.3 Å². The number of carbonyl (C=O) groups excluding carboxylic acids is 1. The molecule has 0 saturated heterocycles. The number of hydrogen-bond acceptors (Lipinski definition) is 4. The van der Waals surface area contributed by atoms with Crippen molar-refractivity contribution >= 4 is 31.9 Å². The van der Waals surface area contributed by atoms with E-state index in [2.05, 4.69) is 26.0 Å². The van der Waals surface area contributed by atoms with Crippen LogP contribution >= 0.6 is 15.9 Å². The molecule has 146 valence electrons. The summed E-state index contributed by atoms with van der Waals surface area (Å²) in [5.41, 5.74) is 0.987. The van der Waals surface area contributed by atoms with Gasteiger partial charge in [0.2, 0.25) is 10.0 Å². The molecule has 2 aromatic carbocycles. The summed E-state index contributed by atoms with van der Waals surface area (Å²) in [6.45, 7) is 4.02. The largest absolute Gasteiger partial charge is 0.484 e. The third-order valence-electron chi connectivity index (χ3n) is 3.79. The maximum atomic E-state index is 12.1. The molecular formula is C19H23BrN2O4S. The van der Waals surface area contributed by atoms with Crippen molar-refractivity contribution in [2.24, 2.45) is 0 Å². The molecule has 0 bridgehead atoms. The molecule has 0 aliphatic carbocycles. The van der Waals surface area contributed by atoms with E-state index in [4.69, 9.17) is 4.74 Å². The van der Waals surface area contributed by atoms with Crippen LogP contribution in [0.25, 0.3) is 0 Å². The summed E-state index contributed by atoms with van der Waals surface area (Å²) in [5.74, 6) is 0.169. The molecule has 2 aromatic rings. The monoisotopic (exact) mass is 454 g/mol. The molecule has 0 aliphatic heterocycles. The van der Waals surface area contributed by atoms with Crippen LogP contribution in [0.2, 0.25) is 0 Å². The Bertz CT molecular complexity index is 852. The molecule has 0 radical (unpaired) electrons. The minimum Gasteiger partial charge on any atom is -0.484 e. The lowest BCUT2D eigenvalue weighted by Gasteiger charge is -2.15. The Morgan fingerprint density at radius 1 is 1.11 bits per heavy atom. The summed E-state index contributed by atoms with van der Waals surface area (Å²) in [6.07, 6.45) is 0.716. The van der Waals surface area contributed by atoms with Crippen molar-refractivity contribution in [1.82, 2.24) is 10.0 Å². The van der Waals surface area contributed by atoms with Crippen molar-refractivity contribution in [3.8, 4) is 5.75 Å². The average molecular weight is 455 g/mol. The summed E-state index contributed by atoms with van der Waals surface area (Å²) < 4.78 is 33.0. The number of rotatable bonds is 9. The van der Waals surface area contributed by atoms with Gasteiger partial charge in [0.25, 0.3) is 5.91 Å². The minimum atomic E-state index is -3.51. The lowest BCUT2D eigenvalue weighted by atomic mass is 10.1. The van der Waals surface area contributed by atoms with Crippen LogP contribution in [0.5, 0.6) is 5.75 Å². The molecule has 2 N–H and O–H groups in total. The summed E-state index contributed by atoms with van der Waals surface area (Å²) >= 11 is 3.38. The van der Waals surface area contributed by atoms with Crippen molar-refractivity contribution in [1.29, 1.82) is 0 Å². The Labute approximate surface area is 168 Å². The maximum Gasteiger partial charge on any atom is 0.258 e. The van der Waals surface area contributed by atoms with Gasteiger partial charge < -0.3 is 10.1 Å². The Hall–Kier alpha value is -1.90. The molecule has 0 aromatic heterocycles. The predicted octanol–water partition coefficient (Wildman–Crippen LogP) is 3.39. The Kier molecular flexibility index (Phi) is 7.82. The van der Waals surface area contributed by atoms with Gasteiger partial charge in [-0.05, 0) is 55.3 Å². The Morgan fingerprint density at radius 3 is 2.33 bits per heavy atom. The van der Waals surface area contributed by atoms with Crippen LogP contribution in [-0.2, 0) is 14.8 Å². The zero-order valence-electron chi connectivity index (χ0n) is 15.2. The topological polar surface area (TPSA) is 84.5 Å². The second kappa shape index (κ2) is 9.87. The number of ether oxygens (including phenoxy) is 1. The second-order valence-electron chi connectivity index (χ2n) is 6.00. The highest BCUT2D eigenvalue weighted by Gasteiger charge is 2.13. The molecule has 8 heteroatoms. The molecule has 2 rings (SSSR count). The lowest BCUT2D eigenvalue weighted by Crippen LogP contribution is -2.31. The average Bonchev–Trinajstić information content (AvgIpc) is 2.65. The van der Waals surface area contributed by atoms with Gasteiger partial charge in [-0.3, -0.25) is 4.79 Å². The first-order valence-corrected chi connectivity index (χ1v) is 10.9. The smallest absolute Gasteiger partial charge is 0.258 e. The summed E-state index contributed by atoms with van der Waals surface area (Å²) in [7, 11) is -3.51. The first-order chi connectivity index (χ1) is 12.8. The van der Waals surface area contributed by atoms with E-state index in [1.807, 2.05) is 38.1 Å². The minimum absolute atomic E-state index is 0.147. The first kappa shape index (κ1) is 21.4. The number of amides is 1. The summed E-state index contributed by atoms with van der Waals surface area (Å²) in [4.78, 5) is 12.2. The predicted molar refractivity (Wildman–Crippen MR) is 108 cm³/mol. The highest BCUT2D eigenvalue weighted by atomic mass is 79.9. The molecule has 27 heavy (non-hydrogen) atoms. The molecule has 6 nitrogen and oxygen atoms in total. The van der Waals surface area contributed by atoms with Crippen molar-refractivity contribution in [3.05, 3.63) is 58.6 Å². The zero-order valence-corrected chi connectivity index (χ0v) is 17.6. The van der Waals surface area contributed by atoms with E-state index >= 15 is 0 Å². The van der Waals surface area contributed by atoms with E-state index in [0.29, 0.717) is 18.7 Å². The van der Waals surface area contributed by atoms with Gasteiger partial charge in [0, 0.05) is 11.0 Å². The molecule has 1 amide bonds. The van der Waals surface area contributed by atoms with Gasteiger partial charge in [-0.2, -0.15) is 0 Å². The van der Waals surface area contributed by atoms with Gasteiger partial charge in [-0.25, -0.2) is 13.1 Å². The number of hydrogen-bond donors (Lipinski definition) is 2. The van der Waals surface area contributed by atoms with Crippen LogP contribution in [0.4, 0.5) is 0 Å². The quantitative estimate of drug-likeness (QED) is 0.607. The van der Waals surface area contributed by atoms with Crippen molar-refractivity contribution < 1.29 is 17.9 Å². The normalized spacial score (nSPS) is 12.4. The molecule has 0 fully saturated rings. The Balaban J connectivity index is 1.87. The van der Waals surface area contributed by atoms with Crippen molar-refractivity contribution in [2.75, 3.05) is 13.2 Å². The van der Waals surface area contributed by atoms with E-state index in [9.17, 15) is 13.2 Å².